The van der Waals surface area contributed by atoms with Gasteiger partial charge in [-0.25, -0.2) is 0 Å². The van der Waals surface area contributed by atoms with Crippen molar-refractivity contribution < 1.29 is 14.3 Å². The standard InChI is InChI=1S/C13H18BrNO3/c1-2-13(12(16)17)5-7-15(8-6-13)9-10-3-4-11(14)18-10/h3-4H,2,5-9H2,1H3,(H,16,17). The molecular weight excluding hydrogens is 298 g/mol. The summed E-state index contributed by atoms with van der Waals surface area (Å²) in [6.45, 7) is 4.36. The van der Waals surface area contributed by atoms with Gasteiger partial charge in [0.25, 0.3) is 0 Å². The predicted octanol–water partition coefficient (Wildman–Crippen LogP) is 3.12. The van der Waals surface area contributed by atoms with Crippen molar-refractivity contribution in [3.8, 4) is 0 Å². The van der Waals surface area contributed by atoms with E-state index in [1.165, 1.54) is 0 Å². The van der Waals surface area contributed by atoms with Gasteiger partial charge in [0.15, 0.2) is 4.67 Å². The molecule has 0 bridgehead atoms. The average molecular weight is 316 g/mol. The zero-order chi connectivity index (χ0) is 13.2. The van der Waals surface area contributed by atoms with Crippen LogP contribution in [0.15, 0.2) is 21.2 Å². The average Bonchev–Trinajstić information content (AvgIpc) is 2.76. The number of hydrogen-bond acceptors (Lipinski definition) is 3. The zero-order valence-electron chi connectivity index (χ0n) is 10.5. The van der Waals surface area contributed by atoms with E-state index in [0.717, 1.165) is 42.9 Å². The topological polar surface area (TPSA) is 53.7 Å². The summed E-state index contributed by atoms with van der Waals surface area (Å²) in [6, 6.07) is 3.83. The van der Waals surface area contributed by atoms with E-state index in [1.54, 1.807) is 0 Å². The molecule has 1 aromatic rings. The highest BCUT2D eigenvalue weighted by Gasteiger charge is 2.39. The molecule has 0 unspecified atom stereocenters. The van der Waals surface area contributed by atoms with Gasteiger partial charge in [-0.05, 0) is 60.4 Å². The van der Waals surface area contributed by atoms with Gasteiger partial charge in [-0.1, -0.05) is 6.92 Å². The number of hydrogen-bond donors (Lipinski definition) is 1. The second-order valence-corrected chi connectivity index (χ2v) is 5.70. The van der Waals surface area contributed by atoms with E-state index in [2.05, 4.69) is 20.8 Å². The lowest BCUT2D eigenvalue weighted by Crippen LogP contribution is -2.43. The number of furan rings is 1. The molecule has 0 spiro atoms. The fraction of sp³-hybridized carbons (Fsp3) is 0.615. The first kappa shape index (κ1) is 13.6. The van der Waals surface area contributed by atoms with Crippen molar-refractivity contribution in [1.82, 2.24) is 4.90 Å². The fourth-order valence-electron chi connectivity index (χ4n) is 2.51. The number of nitrogens with zero attached hydrogens (tertiary/aromatic N) is 1. The maximum atomic E-state index is 11.3. The van der Waals surface area contributed by atoms with Crippen LogP contribution in [0.1, 0.15) is 31.9 Å². The number of halogens is 1. The van der Waals surface area contributed by atoms with Crippen LogP contribution in [0.2, 0.25) is 0 Å². The molecule has 1 aromatic heterocycles. The first-order chi connectivity index (χ1) is 8.55. The number of piperidine rings is 1. The number of carboxylic acids is 1. The molecular formula is C13H18BrNO3. The third-order valence-corrected chi connectivity index (χ3v) is 4.38. The molecule has 1 aliphatic rings. The minimum atomic E-state index is -0.648. The Labute approximate surface area is 115 Å². The van der Waals surface area contributed by atoms with E-state index in [1.807, 2.05) is 19.1 Å². The van der Waals surface area contributed by atoms with Crippen LogP contribution in [0, 0.1) is 5.41 Å². The minimum absolute atomic E-state index is 0.514. The first-order valence-corrected chi connectivity index (χ1v) is 7.05. The van der Waals surface area contributed by atoms with Crippen molar-refractivity contribution in [1.29, 1.82) is 0 Å². The van der Waals surface area contributed by atoms with Crippen molar-refractivity contribution >= 4 is 21.9 Å². The van der Waals surface area contributed by atoms with Gasteiger partial charge >= 0.3 is 5.97 Å². The van der Waals surface area contributed by atoms with E-state index in [-0.39, 0.29) is 0 Å². The molecule has 5 heteroatoms. The molecule has 1 saturated heterocycles. The van der Waals surface area contributed by atoms with Gasteiger partial charge in [-0.2, -0.15) is 0 Å². The van der Waals surface area contributed by atoms with Crippen LogP contribution in [-0.4, -0.2) is 29.1 Å². The smallest absolute Gasteiger partial charge is 0.309 e. The van der Waals surface area contributed by atoms with Crippen LogP contribution >= 0.6 is 15.9 Å². The number of carbonyl (C=O) groups is 1. The van der Waals surface area contributed by atoms with Crippen LogP contribution < -0.4 is 0 Å². The van der Waals surface area contributed by atoms with Gasteiger partial charge in [0.05, 0.1) is 12.0 Å². The molecule has 2 rings (SSSR count). The third kappa shape index (κ3) is 2.78. The summed E-state index contributed by atoms with van der Waals surface area (Å²) in [5.41, 5.74) is -0.514. The molecule has 0 aliphatic carbocycles. The summed E-state index contributed by atoms with van der Waals surface area (Å²) in [5, 5.41) is 9.32. The second kappa shape index (κ2) is 5.45. The lowest BCUT2D eigenvalue weighted by Gasteiger charge is -2.37. The Balaban J connectivity index is 1.92. The minimum Gasteiger partial charge on any atom is -0.481 e. The highest BCUT2D eigenvalue weighted by Crippen LogP contribution is 2.35. The monoisotopic (exact) mass is 315 g/mol. The predicted molar refractivity (Wildman–Crippen MR) is 71.3 cm³/mol. The van der Waals surface area contributed by atoms with Gasteiger partial charge in [0, 0.05) is 0 Å². The Morgan fingerprint density at radius 1 is 1.50 bits per heavy atom. The normalized spacial score (nSPS) is 19.9. The maximum Gasteiger partial charge on any atom is 0.309 e. The molecule has 18 heavy (non-hydrogen) atoms. The summed E-state index contributed by atoms with van der Waals surface area (Å²) in [7, 11) is 0. The Kier molecular flexibility index (Phi) is 4.12. The van der Waals surface area contributed by atoms with E-state index in [0.29, 0.717) is 6.42 Å². The summed E-state index contributed by atoms with van der Waals surface area (Å²) in [4.78, 5) is 13.6. The van der Waals surface area contributed by atoms with Crippen LogP contribution in [0.4, 0.5) is 0 Å². The Morgan fingerprint density at radius 2 is 2.17 bits per heavy atom. The summed E-state index contributed by atoms with van der Waals surface area (Å²) >= 11 is 3.28. The SMILES string of the molecule is CCC1(C(=O)O)CCN(Cc2ccc(Br)o2)CC1. The largest absolute Gasteiger partial charge is 0.481 e. The van der Waals surface area contributed by atoms with Gasteiger partial charge < -0.3 is 9.52 Å². The van der Waals surface area contributed by atoms with E-state index < -0.39 is 11.4 Å². The molecule has 0 atom stereocenters. The number of carboxylic acid groups (broad SMARTS) is 1. The van der Waals surface area contributed by atoms with Crippen LogP contribution in [0.5, 0.6) is 0 Å². The number of likely N-dealkylation sites (tertiary alicyclic amines) is 1. The highest BCUT2D eigenvalue weighted by molar-refractivity contribution is 9.10. The highest BCUT2D eigenvalue weighted by atomic mass is 79.9. The summed E-state index contributed by atoms with van der Waals surface area (Å²) in [5.74, 6) is 0.270. The van der Waals surface area contributed by atoms with Crippen LogP contribution in [0.25, 0.3) is 0 Å². The molecule has 1 aliphatic heterocycles. The van der Waals surface area contributed by atoms with E-state index >= 15 is 0 Å². The van der Waals surface area contributed by atoms with Gasteiger partial charge in [-0.15, -0.1) is 0 Å². The van der Waals surface area contributed by atoms with Gasteiger partial charge in [-0.3, -0.25) is 9.69 Å². The maximum absolute atomic E-state index is 11.3. The van der Waals surface area contributed by atoms with Crippen molar-refractivity contribution in [3.05, 3.63) is 22.6 Å². The van der Waals surface area contributed by atoms with Gasteiger partial charge in [0.2, 0.25) is 0 Å². The molecule has 0 saturated carbocycles. The van der Waals surface area contributed by atoms with E-state index in [9.17, 15) is 9.90 Å². The van der Waals surface area contributed by atoms with E-state index in [4.69, 9.17) is 4.42 Å². The first-order valence-electron chi connectivity index (χ1n) is 6.26. The van der Waals surface area contributed by atoms with Crippen LogP contribution in [0.3, 0.4) is 0 Å². The molecule has 0 aromatic carbocycles. The summed E-state index contributed by atoms with van der Waals surface area (Å²) < 4.78 is 6.21. The van der Waals surface area contributed by atoms with Crippen molar-refractivity contribution in [2.75, 3.05) is 13.1 Å². The molecule has 4 nitrogen and oxygen atoms in total. The van der Waals surface area contributed by atoms with Gasteiger partial charge in [0.1, 0.15) is 5.76 Å². The quantitative estimate of drug-likeness (QED) is 0.927. The zero-order valence-corrected chi connectivity index (χ0v) is 12.1. The number of rotatable bonds is 4. The van der Waals surface area contributed by atoms with Crippen molar-refractivity contribution in [3.63, 3.8) is 0 Å². The molecule has 0 radical (unpaired) electrons. The lowest BCUT2D eigenvalue weighted by atomic mass is 9.76. The Hall–Kier alpha value is -0.810. The molecule has 2 heterocycles. The number of aliphatic carboxylic acids is 1. The lowest BCUT2D eigenvalue weighted by molar-refractivity contribution is -0.152. The molecule has 1 fully saturated rings. The summed E-state index contributed by atoms with van der Waals surface area (Å²) in [6.07, 6.45) is 2.16. The second-order valence-electron chi connectivity index (χ2n) is 4.92. The molecule has 1 N–H and O–H groups in total. The third-order valence-electron chi connectivity index (χ3n) is 3.95. The van der Waals surface area contributed by atoms with Crippen molar-refractivity contribution in [2.24, 2.45) is 5.41 Å². The van der Waals surface area contributed by atoms with Crippen molar-refractivity contribution in [2.45, 2.75) is 32.7 Å². The molecule has 0 amide bonds. The molecule has 100 valence electrons. The fourth-order valence-corrected chi connectivity index (χ4v) is 2.86. The Morgan fingerprint density at radius 3 is 2.61 bits per heavy atom. The Bertz CT molecular complexity index is 422. The van der Waals surface area contributed by atoms with Crippen LogP contribution in [-0.2, 0) is 11.3 Å².